The minimum absolute atomic E-state index is 0.116. The molecule has 0 radical (unpaired) electrons. The molecule has 0 amide bonds. The van der Waals surface area contributed by atoms with Crippen LogP contribution in [0.2, 0.25) is 0 Å². The van der Waals surface area contributed by atoms with Crippen LogP contribution in [0.15, 0.2) is 70.5 Å². The number of carbonyl (C=O) groups excluding carboxylic acids is 1. The van der Waals surface area contributed by atoms with E-state index in [0.717, 1.165) is 11.1 Å². The summed E-state index contributed by atoms with van der Waals surface area (Å²) in [7, 11) is 0. The lowest BCUT2D eigenvalue weighted by Crippen LogP contribution is -2.20. The van der Waals surface area contributed by atoms with Gasteiger partial charge in [-0.3, -0.25) is 0 Å². The van der Waals surface area contributed by atoms with E-state index in [-0.39, 0.29) is 11.9 Å². The average Bonchev–Trinajstić information content (AvgIpc) is 2.67. The van der Waals surface area contributed by atoms with E-state index in [1.165, 1.54) is 11.8 Å². The fraction of sp³-hybridized carbons (Fsp3) is 0.190. The number of aromatic nitrogens is 2. The first kappa shape index (κ1) is 18.9. The van der Waals surface area contributed by atoms with Gasteiger partial charge >= 0.3 is 11.7 Å². The minimum atomic E-state index is -0.485. The van der Waals surface area contributed by atoms with Gasteiger partial charge in [0.15, 0.2) is 0 Å². The van der Waals surface area contributed by atoms with Crippen molar-refractivity contribution in [2.24, 2.45) is 0 Å². The maximum atomic E-state index is 12.5. The summed E-state index contributed by atoms with van der Waals surface area (Å²) in [4.78, 5) is 31.1. The Hall–Kier alpha value is -2.86. The monoisotopic (exact) mass is 380 g/mol. The summed E-state index contributed by atoms with van der Waals surface area (Å²) in [5.41, 5.74) is 2.39. The molecule has 0 unspecified atom stereocenters. The average molecular weight is 380 g/mol. The van der Waals surface area contributed by atoms with E-state index in [4.69, 9.17) is 4.74 Å². The van der Waals surface area contributed by atoms with E-state index in [0.29, 0.717) is 16.3 Å². The zero-order chi connectivity index (χ0) is 19.2. The number of nitrogens with zero attached hydrogens (tertiary/aromatic N) is 1. The lowest BCUT2D eigenvalue weighted by Gasteiger charge is -2.19. The standard InChI is InChI=1S/C21H20N2O3S/c1-3-26-20(24)17-14(2)22-21(25)23-19(17)27-18(15-10-6-4-7-11-15)16-12-8-5-9-13-16/h4-13,18H,3H2,1-2H3,(H,22,23,25). The first-order valence-corrected chi connectivity index (χ1v) is 9.52. The predicted octanol–water partition coefficient (Wildman–Crippen LogP) is 4.14. The molecule has 27 heavy (non-hydrogen) atoms. The van der Waals surface area contributed by atoms with E-state index >= 15 is 0 Å². The van der Waals surface area contributed by atoms with Gasteiger partial charge in [-0.15, -0.1) is 0 Å². The van der Waals surface area contributed by atoms with Crippen molar-refractivity contribution in [1.82, 2.24) is 9.97 Å². The van der Waals surface area contributed by atoms with Gasteiger partial charge < -0.3 is 9.72 Å². The van der Waals surface area contributed by atoms with Crippen LogP contribution in [0.25, 0.3) is 0 Å². The number of H-pyrrole nitrogens is 1. The highest BCUT2D eigenvalue weighted by molar-refractivity contribution is 7.99. The molecule has 0 aliphatic rings. The van der Waals surface area contributed by atoms with Crippen molar-refractivity contribution >= 4 is 17.7 Å². The predicted molar refractivity (Wildman–Crippen MR) is 106 cm³/mol. The molecule has 3 rings (SSSR count). The molecule has 0 aliphatic carbocycles. The number of aromatic amines is 1. The number of benzene rings is 2. The van der Waals surface area contributed by atoms with Crippen LogP contribution < -0.4 is 5.69 Å². The Kier molecular flexibility index (Phi) is 6.08. The first-order chi connectivity index (χ1) is 13.1. The summed E-state index contributed by atoms with van der Waals surface area (Å²) in [6, 6.07) is 19.9. The molecule has 1 aromatic heterocycles. The number of thioether (sulfide) groups is 1. The molecule has 0 bridgehead atoms. The molecule has 1 heterocycles. The Labute approximate surface area is 161 Å². The van der Waals surface area contributed by atoms with Crippen molar-refractivity contribution in [3.05, 3.63) is 93.5 Å². The summed E-state index contributed by atoms with van der Waals surface area (Å²) in [5, 5.41) is 0.252. The van der Waals surface area contributed by atoms with Gasteiger partial charge in [0.2, 0.25) is 0 Å². The third-order valence-corrected chi connectivity index (χ3v) is 5.30. The van der Waals surface area contributed by atoms with E-state index in [1.54, 1.807) is 13.8 Å². The highest BCUT2D eigenvalue weighted by Gasteiger charge is 2.24. The summed E-state index contributed by atoms with van der Waals surface area (Å²) < 4.78 is 5.17. The van der Waals surface area contributed by atoms with Crippen LogP contribution >= 0.6 is 11.8 Å². The van der Waals surface area contributed by atoms with Crippen LogP contribution in [-0.2, 0) is 4.74 Å². The molecule has 3 aromatic rings. The molecule has 6 heteroatoms. The molecule has 1 N–H and O–H groups in total. The second-order valence-corrected chi connectivity index (χ2v) is 6.98. The normalized spacial score (nSPS) is 10.8. The van der Waals surface area contributed by atoms with E-state index in [1.807, 2.05) is 60.7 Å². The van der Waals surface area contributed by atoms with Crippen LogP contribution in [0.3, 0.4) is 0 Å². The Morgan fingerprint density at radius 3 is 2.15 bits per heavy atom. The molecule has 0 aliphatic heterocycles. The molecule has 5 nitrogen and oxygen atoms in total. The molecule has 0 saturated carbocycles. The summed E-state index contributed by atoms with van der Waals surface area (Å²) in [5.74, 6) is -0.485. The molecular formula is C21H20N2O3S. The van der Waals surface area contributed by atoms with Crippen molar-refractivity contribution < 1.29 is 9.53 Å². The van der Waals surface area contributed by atoms with Crippen molar-refractivity contribution in [2.45, 2.75) is 24.1 Å². The minimum Gasteiger partial charge on any atom is -0.462 e. The van der Waals surface area contributed by atoms with Crippen molar-refractivity contribution in [2.75, 3.05) is 6.61 Å². The van der Waals surface area contributed by atoms with Crippen LogP contribution in [0.5, 0.6) is 0 Å². The topological polar surface area (TPSA) is 72.0 Å². The quantitative estimate of drug-likeness (QED) is 0.395. The SMILES string of the molecule is CCOC(=O)c1c(SC(c2ccccc2)c2ccccc2)nc(=O)[nH]c1C. The van der Waals surface area contributed by atoms with Crippen LogP contribution in [-0.4, -0.2) is 22.5 Å². The number of rotatable bonds is 6. The molecule has 0 fully saturated rings. The lowest BCUT2D eigenvalue weighted by molar-refractivity contribution is 0.0519. The zero-order valence-electron chi connectivity index (χ0n) is 15.1. The zero-order valence-corrected chi connectivity index (χ0v) is 16.0. The van der Waals surface area contributed by atoms with Crippen LogP contribution in [0, 0.1) is 6.92 Å². The number of nitrogens with one attached hydrogen (secondary N) is 1. The molecule has 138 valence electrons. The molecular weight excluding hydrogens is 360 g/mol. The fourth-order valence-corrected chi connectivity index (χ4v) is 4.08. The van der Waals surface area contributed by atoms with Gasteiger partial charge in [0, 0.05) is 5.69 Å². The second-order valence-electron chi connectivity index (χ2n) is 5.89. The Bertz CT molecular complexity index is 932. The van der Waals surface area contributed by atoms with Crippen molar-refractivity contribution in [3.8, 4) is 0 Å². The van der Waals surface area contributed by atoms with Gasteiger partial charge in [0.25, 0.3) is 0 Å². The first-order valence-electron chi connectivity index (χ1n) is 8.64. The number of hydrogen-bond acceptors (Lipinski definition) is 5. The third kappa shape index (κ3) is 4.46. The highest BCUT2D eigenvalue weighted by atomic mass is 32.2. The van der Waals surface area contributed by atoms with Crippen LogP contribution in [0.4, 0.5) is 0 Å². The van der Waals surface area contributed by atoms with Crippen LogP contribution in [0.1, 0.15) is 39.4 Å². The van der Waals surface area contributed by atoms with Gasteiger partial charge in [-0.2, -0.15) is 4.98 Å². The maximum Gasteiger partial charge on any atom is 0.346 e. The number of hydrogen-bond donors (Lipinski definition) is 1. The maximum absolute atomic E-state index is 12.5. The Morgan fingerprint density at radius 1 is 1.07 bits per heavy atom. The summed E-state index contributed by atoms with van der Waals surface area (Å²) in [6.07, 6.45) is 0. The van der Waals surface area contributed by atoms with Gasteiger partial charge in [0.05, 0.1) is 11.9 Å². The Balaban J connectivity index is 2.09. The van der Waals surface area contributed by atoms with Crippen molar-refractivity contribution in [3.63, 3.8) is 0 Å². The second kappa shape index (κ2) is 8.68. The lowest BCUT2D eigenvalue weighted by atomic mass is 10.0. The highest BCUT2D eigenvalue weighted by Crippen LogP contribution is 2.40. The summed E-state index contributed by atoms with van der Waals surface area (Å²) >= 11 is 1.37. The Morgan fingerprint density at radius 2 is 1.63 bits per heavy atom. The molecule has 2 aromatic carbocycles. The smallest absolute Gasteiger partial charge is 0.346 e. The van der Waals surface area contributed by atoms with Gasteiger partial charge in [0.1, 0.15) is 10.6 Å². The third-order valence-electron chi connectivity index (χ3n) is 4.00. The van der Waals surface area contributed by atoms with Gasteiger partial charge in [-0.05, 0) is 25.0 Å². The molecule has 0 spiro atoms. The van der Waals surface area contributed by atoms with Gasteiger partial charge in [-0.25, -0.2) is 9.59 Å². The van der Waals surface area contributed by atoms with E-state index in [9.17, 15) is 9.59 Å². The number of aryl methyl sites for hydroxylation is 1. The van der Waals surface area contributed by atoms with Crippen molar-refractivity contribution in [1.29, 1.82) is 0 Å². The summed E-state index contributed by atoms with van der Waals surface area (Å²) in [6.45, 7) is 3.68. The molecule has 0 saturated heterocycles. The largest absolute Gasteiger partial charge is 0.462 e. The molecule has 0 atom stereocenters. The van der Waals surface area contributed by atoms with E-state index in [2.05, 4.69) is 9.97 Å². The van der Waals surface area contributed by atoms with Gasteiger partial charge in [-0.1, -0.05) is 72.4 Å². The number of esters is 1. The number of carbonyl (C=O) groups is 1. The fourth-order valence-electron chi connectivity index (χ4n) is 2.78. The number of ether oxygens (including phenoxy) is 1. The van der Waals surface area contributed by atoms with E-state index < -0.39 is 11.7 Å².